The molecule has 0 atom stereocenters. The molecule has 3 aromatic carbocycles. The first kappa shape index (κ1) is 22.5. The molecule has 0 spiro atoms. The first-order chi connectivity index (χ1) is 17.6. The molecule has 0 amide bonds. The van der Waals surface area contributed by atoms with E-state index in [9.17, 15) is 4.79 Å². The Morgan fingerprint density at radius 3 is 2.50 bits per heavy atom. The average molecular weight is 510 g/mol. The van der Waals surface area contributed by atoms with Gasteiger partial charge in [0, 0.05) is 33.9 Å². The molecule has 36 heavy (non-hydrogen) atoms. The summed E-state index contributed by atoms with van der Waals surface area (Å²) in [5.74, 6) is 0.279. The maximum absolute atomic E-state index is 13.7. The maximum Gasteiger partial charge on any atom is 0.226 e. The van der Waals surface area contributed by atoms with Crippen molar-refractivity contribution in [2.45, 2.75) is 0 Å². The molecule has 5 nitrogen and oxygen atoms in total. The first-order valence-electron chi connectivity index (χ1n) is 11.4. The fourth-order valence-electron chi connectivity index (χ4n) is 4.61. The van der Waals surface area contributed by atoms with E-state index in [0.717, 1.165) is 43.5 Å². The van der Waals surface area contributed by atoms with Crippen LogP contribution in [0.4, 0.5) is 0 Å². The molecule has 0 unspecified atom stereocenters. The highest BCUT2D eigenvalue weighted by molar-refractivity contribution is 7.17. The van der Waals surface area contributed by atoms with Crippen molar-refractivity contribution in [3.63, 3.8) is 0 Å². The summed E-state index contributed by atoms with van der Waals surface area (Å²) >= 11 is 7.59. The number of carbonyl (C=O) groups is 1. The van der Waals surface area contributed by atoms with Crippen LogP contribution in [-0.2, 0) is 7.05 Å². The Balaban J connectivity index is 1.39. The van der Waals surface area contributed by atoms with Crippen molar-refractivity contribution in [2.24, 2.45) is 7.05 Å². The lowest BCUT2D eigenvalue weighted by molar-refractivity contribution is 0.0921. The molecule has 0 fully saturated rings. The van der Waals surface area contributed by atoms with Crippen LogP contribution >= 0.6 is 22.9 Å². The molecule has 0 aliphatic heterocycles. The van der Waals surface area contributed by atoms with Crippen LogP contribution in [0.3, 0.4) is 0 Å². The van der Waals surface area contributed by atoms with Gasteiger partial charge in [-0.05, 0) is 29.3 Å². The number of hydrogen-bond acceptors (Lipinski definition) is 5. The minimum Gasteiger partial charge on any atom is -0.469 e. The van der Waals surface area contributed by atoms with E-state index in [1.165, 1.54) is 17.7 Å². The average Bonchev–Trinajstić information content (AvgIpc) is 3.48. The van der Waals surface area contributed by atoms with Crippen LogP contribution < -0.4 is 4.74 Å². The van der Waals surface area contributed by atoms with E-state index < -0.39 is 0 Å². The second kappa shape index (κ2) is 9.22. The number of benzene rings is 3. The lowest BCUT2D eigenvalue weighted by Gasteiger charge is -2.10. The van der Waals surface area contributed by atoms with Gasteiger partial charge in [-0.2, -0.15) is 0 Å². The molecule has 0 aliphatic rings. The van der Waals surface area contributed by atoms with Gasteiger partial charge in [0.2, 0.25) is 11.7 Å². The van der Waals surface area contributed by atoms with Crippen LogP contribution in [0.2, 0.25) is 5.02 Å². The summed E-state index contributed by atoms with van der Waals surface area (Å²) in [6.07, 6.45) is 1.47. The van der Waals surface area contributed by atoms with Gasteiger partial charge in [0.15, 0.2) is 6.61 Å². The van der Waals surface area contributed by atoms with Crippen molar-refractivity contribution in [1.82, 2.24) is 14.5 Å². The Bertz CT molecular complexity index is 1720. The smallest absolute Gasteiger partial charge is 0.226 e. The fourth-order valence-corrected chi connectivity index (χ4v) is 5.65. The van der Waals surface area contributed by atoms with Crippen molar-refractivity contribution >= 4 is 49.8 Å². The molecule has 176 valence electrons. The summed E-state index contributed by atoms with van der Waals surface area (Å²) < 4.78 is 8.17. The number of para-hydroxylation sites is 1. The Labute approximate surface area is 216 Å². The van der Waals surface area contributed by atoms with E-state index in [0.29, 0.717) is 16.5 Å². The molecular weight excluding hydrogens is 490 g/mol. The predicted molar refractivity (Wildman–Crippen MR) is 146 cm³/mol. The summed E-state index contributed by atoms with van der Waals surface area (Å²) in [4.78, 5) is 23.3. The third kappa shape index (κ3) is 3.85. The second-order valence-electron chi connectivity index (χ2n) is 8.39. The third-order valence-electron chi connectivity index (χ3n) is 6.26. The first-order valence-corrected chi connectivity index (χ1v) is 12.6. The van der Waals surface area contributed by atoms with Gasteiger partial charge in [0.05, 0.1) is 16.6 Å². The molecule has 0 N–H and O–H groups in total. The Morgan fingerprint density at radius 1 is 0.944 bits per heavy atom. The lowest BCUT2D eigenvalue weighted by atomic mass is 10.0. The number of thiophene rings is 1. The molecule has 0 aliphatic carbocycles. The number of ketones is 1. The van der Waals surface area contributed by atoms with Crippen LogP contribution in [0.5, 0.6) is 5.88 Å². The van der Waals surface area contributed by atoms with Crippen molar-refractivity contribution in [3.05, 3.63) is 101 Å². The van der Waals surface area contributed by atoms with Crippen molar-refractivity contribution in [2.75, 3.05) is 6.61 Å². The Kier molecular flexibility index (Phi) is 5.76. The molecule has 3 heterocycles. The Morgan fingerprint density at radius 2 is 1.69 bits per heavy atom. The van der Waals surface area contributed by atoms with Crippen molar-refractivity contribution in [3.8, 4) is 28.3 Å². The summed E-state index contributed by atoms with van der Waals surface area (Å²) in [7, 11) is 1.99. The van der Waals surface area contributed by atoms with Gasteiger partial charge in [0.1, 0.15) is 11.2 Å². The van der Waals surface area contributed by atoms with Crippen LogP contribution in [0.15, 0.2) is 90.6 Å². The van der Waals surface area contributed by atoms with Gasteiger partial charge in [-0.15, -0.1) is 11.3 Å². The number of nitrogens with zero attached hydrogens (tertiary/aromatic N) is 3. The van der Waals surface area contributed by atoms with E-state index in [1.807, 2.05) is 91.3 Å². The predicted octanol–water partition coefficient (Wildman–Crippen LogP) is 7.43. The summed E-state index contributed by atoms with van der Waals surface area (Å²) in [6.45, 7) is -0.143. The van der Waals surface area contributed by atoms with E-state index in [-0.39, 0.29) is 12.4 Å². The quantitative estimate of drug-likeness (QED) is 0.219. The van der Waals surface area contributed by atoms with Crippen LogP contribution in [0.25, 0.3) is 43.5 Å². The number of aromatic nitrogens is 3. The highest BCUT2D eigenvalue weighted by Crippen LogP contribution is 2.38. The van der Waals surface area contributed by atoms with E-state index >= 15 is 0 Å². The minimum absolute atomic E-state index is 0.110. The molecular formula is C29H20ClN3O2S. The number of hydrogen-bond donors (Lipinski definition) is 0. The van der Waals surface area contributed by atoms with Gasteiger partial charge in [0.25, 0.3) is 0 Å². The summed E-state index contributed by atoms with van der Waals surface area (Å²) in [5.41, 5.74) is 5.42. The second-order valence-corrected chi connectivity index (χ2v) is 9.69. The molecule has 6 rings (SSSR count). The van der Waals surface area contributed by atoms with Crippen molar-refractivity contribution < 1.29 is 9.53 Å². The Hall–Kier alpha value is -4.00. The van der Waals surface area contributed by atoms with E-state index in [2.05, 4.69) is 14.5 Å². The third-order valence-corrected chi connectivity index (χ3v) is 7.40. The number of rotatable bonds is 6. The zero-order valence-corrected chi connectivity index (χ0v) is 20.9. The van der Waals surface area contributed by atoms with E-state index in [1.54, 1.807) is 0 Å². The topological polar surface area (TPSA) is 57.0 Å². The van der Waals surface area contributed by atoms with Gasteiger partial charge >= 0.3 is 0 Å². The number of aryl methyl sites for hydroxylation is 1. The zero-order chi connectivity index (χ0) is 24.6. The SMILES string of the molecule is Cn1c(-c2ccccc2)c(C(=O)COc2ncnc3scc(-c4ccc(Cl)cc4)c23)c2ccccc21. The van der Waals surface area contributed by atoms with Gasteiger partial charge < -0.3 is 9.30 Å². The van der Waals surface area contributed by atoms with Crippen molar-refractivity contribution in [1.29, 1.82) is 0 Å². The number of ether oxygens (including phenoxy) is 1. The molecule has 0 radical (unpaired) electrons. The molecule has 0 saturated carbocycles. The van der Waals surface area contributed by atoms with Crippen LogP contribution in [0, 0.1) is 0 Å². The minimum atomic E-state index is -0.143. The number of halogens is 1. The maximum atomic E-state index is 13.7. The van der Waals surface area contributed by atoms with Crippen LogP contribution in [-0.4, -0.2) is 26.9 Å². The highest BCUT2D eigenvalue weighted by Gasteiger charge is 2.23. The number of carbonyl (C=O) groups excluding carboxylic acids is 1. The lowest BCUT2D eigenvalue weighted by Crippen LogP contribution is -2.13. The molecule has 7 heteroatoms. The molecule has 0 saturated heterocycles. The summed E-state index contributed by atoms with van der Waals surface area (Å²) in [6, 6.07) is 25.5. The van der Waals surface area contributed by atoms with Gasteiger partial charge in [-0.25, -0.2) is 9.97 Å². The van der Waals surface area contributed by atoms with Gasteiger partial charge in [-0.1, -0.05) is 72.3 Å². The zero-order valence-electron chi connectivity index (χ0n) is 19.3. The molecule has 6 aromatic rings. The van der Waals surface area contributed by atoms with E-state index in [4.69, 9.17) is 16.3 Å². The summed E-state index contributed by atoms with van der Waals surface area (Å²) in [5, 5.41) is 4.38. The standard InChI is InChI=1S/C29H20ClN3O2S/c1-33-23-10-6-5-9-21(23)25(27(33)19-7-3-2-4-8-19)24(34)15-35-28-26-22(16-36-29(26)32-17-31-28)18-11-13-20(30)14-12-18/h2-14,16-17H,15H2,1H3. The highest BCUT2D eigenvalue weighted by atomic mass is 35.5. The fraction of sp³-hybridized carbons (Fsp3) is 0.0690. The number of fused-ring (bicyclic) bond motifs is 2. The monoisotopic (exact) mass is 509 g/mol. The number of Topliss-reactive ketones (excluding diaryl/α,β-unsaturated/α-hetero) is 1. The van der Waals surface area contributed by atoms with Crippen LogP contribution in [0.1, 0.15) is 10.4 Å². The largest absolute Gasteiger partial charge is 0.469 e. The van der Waals surface area contributed by atoms with Gasteiger partial charge in [-0.3, -0.25) is 4.79 Å². The molecule has 3 aromatic heterocycles. The normalized spacial score (nSPS) is 11.3. The molecule has 0 bridgehead atoms.